The van der Waals surface area contributed by atoms with Gasteiger partial charge >= 0.3 is 6.18 Å². The minimum absolute atomic E-state index is 0.0244. The Balaban J connectivity index is 1.29. The van der Waals surface area contributed by atoms with Crippen molar-refractivity contribution in [1.82, 2.24) is 23.7 Å². The molecule has 0 aliphatic carbocycles. The van der Waals surface area contributed by atoms with E-state index in [0.29, 0.717) is 42.5 Å². The van der Waals surface area contributed by atoms with E-state index >= 15 is 0 Å². The maximum absolute atomic E-state index is 15.0. The van der Waals surface area contributed by atoms with Crippen molar-refractivity contribution in [3.05, 3.63) is 63.8 Å². The number of carbonyl (C=O) groups excluding carboxylic acids is 1. The molecule has 3 aromatic rings. The smallest absolute Gasteiger partial charge is 0.299 e. The number of hydrogen-bond donors (Lipinski definition) is 1. The SMILES string of the molecule is Cc1cc(C(F)(F)F)cc(CN2CCC(n3nc(C)c4cc(C(=O)NSN5CCC5)c(F)cc43)CC2)c1F. The summed E-state index contributed by atoms with van der Waals surface area (Å²) in [6, 6.07) is 4.53. The van der Waals surface area contributed by atoms with E-state index in [0.717, 1.165) is 31.6 Å². The van der Waals surface area contributed by atoms with Gasteiger partial charge in [0.15, 0.2) is 0 Å². The second kappa shape index (κ2) is 10.5. The average molecular weight is 554 g/mol. The van der Waals surface area contributed by atoms with Crippen LogP contribution >= 0.6 is 12.1 Å². The van der Waals surface area contributed by atoms with E-state index in [4.69, 9.17) is 0 Å². The summed E-state index contributed by atoms with van der Waals surface area (Å²) in [5.74, 6) is -1.75. The topological polar surface area (TPSA) is 53.4 Å². The molecule has 0 saturated carbocycles. The van der Waals surface area contributed by atoms with Crippen LogP contribution in [0.15, 0.2) is 24.3 Å². The molecule has 6 nitrogen and oxygen atoms in total. The monoisotopic (exact) mass is 553 g/mol. The van der Waals surface area contributed by atoms with E-state index in [1.54, 1.807) is 11.6 Å². The summed E-state index contributed by atoms with van der Waals surface area (Å²) in [5.41, 5.74) is 0.363. The van der Waals surface area contributed by atoms with Gasteiger partial charge in [-0.2, -0.15) is 18.3 Å². The van der Waals surface area contributed by atoms with Gasteiger partial charge in [-0.15, -0.1) is 0 Å². The fraction of sp³-hybridized carbons (Fsp3) is 0.462. The van der Waals surface area contributed by atoms with Crippen LogP contribution in [0.25, 0.3) is 10.9 Å². The predicted octanol–water partition coefficient (Wildman–Crippen LogP) is 5.79. The Kier molecular flexibility index (Phi) is 7.40. The van der Waals surface area contributed by atoms with Gasteiger partial charge in [-0.1, -0.05) is 0 Å². The van der Waals surface area contributed by atoms with E-state index in [2.05, 4.69) is 9.82 Å². The molecular weight excluding hydrogens is 525 g/mol. The van der Waals surface area contributed by atoms with E-state index in [9.17, 15) is 26.7 Å². The predicted molar refractivity (Wildman–Crippen MR) is 135 cm³/mol. The highest BCUT2D eigenvalue weighted by atomic mass is 32.2. The Morgan fingerprint density at radius 2 is 1.79 bits per heavy atom. The summed E-state index contributed by atoms with van der Waals surface area (Å²) in [7, 11) is 0. The van der Waals surface area contributed by atoms with Crippen molar-refractivity contribution < 1.29 is 26.7 Å². The Morgan fingerprint density at radius 3 is 2.42 bits per heavy atom. The third-order valence-electron chi connectivity index (χ3n) is 7.26. The number of piperidine rings is 1. The zero-order valence-corrected chi connectivity index (χ0v) is 21.9. The average Bonchev–Trinajstić information content (AvgIpc) is 3.15. The number of carbonyl (C=O) groups is 1. The van der Waals surface area contributed by atoms with Crippen molar-refractivity contribution in [2.75, 3.05) is 26.2 Å². The first-order valence-electron chi connectivity index (χ1n) is 12.5. The second-order valence-electron chi connectivity index (χ2n) is 9.96. The summed E-state index contributed by atoms with van der Waals surface area (Å²) in [4.78, 5) is 14.5. The molecule has 3 heterocycles. The maximum atomic E-state index is 15.0. The lowest BCUT2D eigenvalue weighted by atomic mass is 10.0. The second-order valence-corrected chi connectivity index (χ2v) is 10.9. The molecule has 12 heteroatoms. The highest BCUT2D eigenvalue weighted by Gasteiger charge is 2.32. The molecule has 5 rings (SSSR count). The number of rotatable bonds is 6. The van der Waals surface area contributed by atoms with Gasteiger partial charge in [-0.3, -0.25) is 19.1 Å². The van der Waals surface area contributed by atoms with Gasteiger partial charge < -0.3 is 0 Å². The number of alkyl halides is 3. The summed E-state index contributed by atoms with van der Waals surface area (Å²) >= 11 is 1.18. The third kappa shape index (κ3) is 5.39. The number of likely N-dealkylation sites (tertiary alicyclic amines) is 1. The first-order valence-corrected chi connectivity index (χ1v) is 13.3. The Bertz CT molecular complexity index is 1360. The van der Waals surface area contributed by atoms with Gasteiger partial charge in [0, 0.05) is 61.9 Å². The molecule has 1 aromatic heterocycles. The minimum Gasteiger partial charge on any atom is -0.299 e. The number of nitrogens with one attached hydrogen (secondary N) is 1. The van der Waals surface area contributed by atoms with E-state index < -0.39 is 29.3 Å². The van der Waals surface area contributed by atoms with Gasteiger partial charge in [-0.05, 0) is 56.9 Å². The molecule has 0 spiro atoms. The van der Waals surface area contributed by atoms with Crippen LogP contribution in [-0.2, 0) is 12.7 Å². The lowest BCUT2D eigenvalue weighted by Crippen LogP contribution is -2.35. The van der Waals surface area contributed by atoms with E-state index in [1.807, 2.05) is 9.21 Å². The normalized spacial score (nSPS) is 17.7. The van der Waals surface area contributed by atoms with Crippen molar-refractivity contribution in [3.63, 3.8) is 0 Å². The number of amides is 1. The van der Waals surface area contributed by atoms with Crippen LogP contribution < -0.4 is 4.72 Å². The van der Waals surface area contributed by atoms with Crippen molar-refractivity contribution in [1.29, 1.82) is 0 Å². The number of fused-ring (bicyclic) bond motifs is 1. The molecule has 0 bridgehead atoms. The highest BCUT2D eigenvalue weighted by molar-refractivity contribution is 7.95. The van der Waals surface area contributed by atoms with Crippen molar-refractivity contribution in [3.8, 4) is 0 Å². The van der Waals surface area contributed by atoms with Crippen molar-refractivity contribution in [2.24, 2.45) is 0 Å². The molecule has 2 aliphatic heterocycles. The van der Waals surface area contributed by atoms with Crippen LogP contribution in [0, 0.1) is 25.5 Å². The fourth-order valence-corrected chi connectivity index (χ4v) is 5.75. The molecule has 0 atom stereocenters. The molecule has 204 valence electrons. The van der Waals surface area contributed by atoms with Gasteiger partial charge in [0.1, 0.15) is 11.6 Å². The number of halogens is 5. The lowest BCUT2D eigenvalue weighted by molar-refractivity contribution is -0.137. The van der Waals surface area contributed by atoms with Crippen LogP contribution in [0.1, 0.15) is 58.0 Å². The lowest BCUT2D eigenvalue weighted by Gasteiger charge is -2.32. The van der Waals surface area contributed by atoms with Gasteiger partial charge in [0.2, 0.25) is 0 Å². The van der Waals surface area contributed by atoms with Crippen molar-refractivity contribution in [2.45, 2.75) is 51.9 Å². The molecular formula is C26H28F5N5OS. The summed E-state index contributed by atoms with van der Waals surface area (Å²) in [5, 5.41) is 5.32. The van der Waals surface area contributed by atoms with E-state index in [1.165, 1.54) is 31.2 Å². The number of aryl methyl sites for hydroxylation is 2. The molecule has 2 saturated heterocycles. The van der Waals surface area contributed by atoms with Crippen LogP contribution in [0.2, 0.25) is 0 Å². The highest BCUT2D eigenvalue weighted by Crippen LogP contribution is 2.34. The molecule has 0 unspecified atom stereocenters. The van der Waals surface area contributed by atoms with Crippen LogP contribution in [0.3, 0.4) is 0 Å². The first-order chi connectivity index (χ1) is 18.0. The standard InChI is InChI=1S/C26H28F5N5OS/c1-15-10-18(26(29,30)31)11-17(24(15)28)14-34-8-4-19(5-9-34)36-23-13-22(27)21(12-20(23)16(2)32-36)25(37)33-38-35-6-3-7-35/h10-13,19H,3-9,14H2,1-2H3,(H,33,37). The molecule has 1 amide bonds. The summed E-state index contributed by atoms with van der Waals surface area (Å²) in [6.07, 6.45) is -2.23. The Hall–Kier alpha value is -2.70. The number of nitrogens with zero attached hydrogens (tertiary/aromatic N) is 4. The fourth-order valence-electron chi connectivity index (χ4n) is 4.99. The van der Waals surface area contributed by atoms with Crippen molar-refractivity contribution >= 4 is 28.9 Å². The maximum Gasteiger partial charge on any atom is 0.416 e. The van der Waals surface area contributed by atoms with Gasteiger partial charge in [-0.25, -0.2) is 13.1 Å². The molecule has 38 heavy (non-hydrogen) atoms. The molecule has 2 aromatic carbocycles. The van der Waals surface area contributed by atoms with E-state index in [-0.39, 0.29) is 29.3 Å². The number of benzene rings is 2. The zero-order chi connectivity index (χ0) is 27.2. The van der Waals surface area contributed by atoms with Crippen LogP contribution in [0.4, 0.5) is 22.0 Å². The number of hydrogen-bond acceptors (Lipinski definition) is 5. The van der Waals surface area contributed by atoms with Crippen LogP contribution in [0.5, 0.6) is 0 Å². The first kappa shape index (κ1) is 26.9. The quantitative estimate of drug-likeness (QED) is 0.310. The summed E-state index contributed by atoms with van der Waals surface area (Å²) < 4.78 is 75.7. The zero-order valence-electron chi connectivity index (χ0n) is 21.0. The Morgan fingerprint density at radius 1 is 1.08 bits per heavy atom. The third-order valence-corrected chi connectivity index (χ3v) is 8.16. The number of aromatic nitrogens is 2. The minimum atomic E-state index is -4.54. The molecule has 0 radical (unpaired) electrons. The molecule has 2 fully saturated rings. The molecule has 1 N–H and O–H groups in total. The molecule has 2 aliphatic rings. The van der Waals surface area contributed by atoms with Gasteiger partial charge in [0.25, 0.3) is 5.91 Å². The Labute approximate surface area is 221 Å². The largest absolute Gasteiger partial charge is 0.416 e. The summed E-state index contributed by atoms with van der Waals surface area (Å²) in [6.45, 7) is 6.03. The van der Waals surface area contributed by atoms with Gasteiger partial charge in [0.05, 0.1) is 28.4 Å². The van der Waals surface area contributed by atoms with Crippen LogP contribution in [-0.4, -0.2) is 51.1 Å².